The van der Waals surface area contributed by atoms with E-state index >= 15 is 0 Å². The molecular weight excluding hydrogens is 412 g/mol. The van der Waals surface area contributed by atoms with Gasteiger partial charge in [-0.25, -0.2) is 8.42 Å². The van der Waals surface area contributed by atoms with E-state index in [0.29, 0.717) is 31.0 Å². The van der Waals surface area contributed by atoms with Gasteiger partial charge in [0.25, 0.3) is 0 Å². The number of ether oxygens (including phenoxy) is 1. The number of methoxy groups -OCH3 is 1. The summed E-state index contributed by atoms with van der Waals surface area (Å²) in [4.78, 5) is 14.8. The third-order valence-corrected chi connectivity index (χ3v) is 7.29. The first-order valence-corrected chi connectivity index (χ1v) is 11.3. The number of sulfonamides is 1. The van der Waals surface area contributed by atoms with Gasteiger partial charge < -0.3 is 9.64 Å². The molecule has 1 atom stereocenters. The van der Waals surface area contributed by atoms with Gasteiger partial charge in [0, 0.05) is 37.3 Å². The molecule has 3 rings (SSSR count). The molecule has 156 valence electrons. The van der Waals surface area contributed by atoms with Gasteiger partial charge in [-0.1, -0.05) is 29.8 Å². The third kappa shape index (κ3) is 4.91. The molecule has 2 aromatic rings. The minimum absolute atomic E-state index is 0.0630. The molecule has 8 heteroatoms. The number of piperidine rings is 1. The van der Waals surface area contributed by atoms with Crippen molar-refractivity contribution in [2.24, 2.45) is 5.92 Å². The van der Waals surface area contributed by atoms with Crippen molar-refractivity contribution in [2.45, 2.75) is 24.3 Å². The molecule has 1 heterocycles. The van der Waals surface area contributed by atoms with Crippen LogP contribution in [0.25, 0.3) is 0 Å². The summed E-state index contributed by atoms with van der Waals surface area (Å²) in [5, 5.41) is 0.480. The van der Waals surface area contributed by atoms with Gasteiger partial charge in [-0.15, -0.1) is 0 Å². The SMILES string of the molecule is COc1ccccc1CN(C)C(=O)[C@@H]1CCCN(S(=O)(=O)c2ccc(Cl)cc2)C1. The first kappa shape index (κ1) is 21.6. The van der Waals surface area contributed by atoms with E-state index < -0.39 is 10.0 Å². The summed E-state index contributed by atoms with van der Waals surface area (Å²) in [6, 6.07) is 13.7. The van der Waals surface area contributed by atoms with Gasteiger partial charge in [0.15, 0.2) is 0 Å². The number of nitrogens with zero attached hydrogens (tertiary/aromatic N) is 2. The Morgan fingerprint density at radius 2 is 1.90 bits per heavy atom. The van der Waals surface area contributed by atoms with Crippen molar-refractivity contribution in [2.75, 3.05) is 27.2 Å². The average molecular weight is 437 g/mol. The zero-order valence-electron chi connectivity index (χ0n) is 16.5. The molecule has 1 saturated heterocycles. The van der Waals surface area contributed by atoms with Crippen LogP contribution in [0.1, 0.15) is 18.4 Å². The molecule has 1 aliphatic rings. The summed E-state index contributed by atoms with van der Waals surface area (Å²) in [7, 11) is -0.321. The first-order chi connectivity index (χ1) is 13.8. The van der Waals surface area contributed by atoms with E-state index in [-0.39, 0.29) is 23.3 Å². The maximum Gasteiger partial charge on any atom is 0.243 e. The van der Waals surface area contributed by atoms with Crippen LogP contribution < -0.4 is 4.74 Å². The molecule has 1 fully saturated rings. The van der Waals surface area contributed by atoms with Crippen LogP contribution in [0.2, 0.25) is 5.02 Å². The number of carbonyl (C=O) groups excluding carboxylic acids is 1. The largest absolute Gasteiger partial charge is 0.496 e. The fourth-order valence-electron chi connectivity index (χ4n) is 3.60. The Kier molecular flexibility index (Phi) is 6.82. The van der Waals surface area contributed by atoms with Crippen molar-refractivity contribution >= 4 is 27.5 Å². The van der Waals surface area contributed by atoms with Gasteiger partial charge >= 0.3 is 0 Å². The van der Waals surface area contributed by atoms with Gasteiger partial charge in [0.05, 0.1) is 17.9 Å². The lowest BCUT2D eigenvalue weighted by atomic mass is 9.98. The smallest absolute Gasteiger partial charge is 0.243 e. The highest BCUT2D eigenvalue weighted by Crippen LogP contribution is 2.27. The van der Waals surface area contributed by atoms with Crippen molar-refractivity contribution in [3.8, 4) is 5.75 Å². The van der Waals surface area contributed by atoms with Crippen molar-refractivity contribution in [3.05, 3.63) is 59.1 Å². The lowest BCUT2D eigenvalue weighted by Gasteiger charge is -2.33. The highest BCUT2D eigenvalue weighted by Gasteiger charge is 2.34. The molecule has 1 aliphatic heterocycles. The molecule has 2 aromatic carbocycles. The Morgan fingerprint density at radius 1 is 1.21 bits per heavy atom. The van der Waals surface area contributed by atoms with Crippen LogP contribution in [0.3, 0.4) is 0 Å². The third-order valence-electron chi connectivity index (χ3n) is 5.16. The number of carbonyl (C=O) groups is 1. The lowest BCUT2D eigenvalue weighted by molar-refractivity contribution is -0.135. The van der Waals surface area contributed by atoms with Gasteiger partial charge in [-0.2, -0.15) is 4.31 Å². The summed E-state index contributed by atoms with van der Waals surface area (Å²) in [5.41, 5.74) is 0.910. The normalized spacial score (nSPS) is 17.7. The number of halogens is 1. The van der Waals surface area contributed by atoms with E-state index in [2.05, 4.69) is 0 Å². The topological polar surface area (TPSA) is 66.9 Å². The summed E-state index contributed by atoms with van der Waals surface area (Å²) in [5.74, 6) is 0.292. The van der Waals surface area contributed by atoms with Gasteiger partial charge in [-0.3, -0.25) is 4.79 Å². The summed E-state index contributed by atoms with van der Waals surface area (Å²) >= 11 is 5.87. The van der Waals surface area contributed by atoms with Crippen LogP contribution in [0.4, 0.5) is 0 Å². The zero-order chi connectivity index (χ0) is 21.0. The van der Waals surface area contributed by atoms with E-state index in [1.54, 1.807) is 31.2 Å². The number of hydrogen-bond acceptors (Lipinski definition) is 4. The summed E-state index contributed by atoms with van der Waals surface area (Å²) in [6.07, 6.45) is 1.31. The number of hydrogen-bond donors (Lipinski definition) is 0. The number of benzene rings is 2. The standard InChI is InChI=1S/C21H25ClN2O4S/c1-23(14-16-6-3-4-8-20(16)28-2)21(25)17-7-5-13-24(15-17)29(26,27)19-11-9-18(22)10-12-19/h3-4,6,8-12,17H,5,7,13-15H2,1-2H3/t17-/m1/s1. The van der Waals surface area contributed by atoms with Crippen LogP contribution in [0.15, 0.2) is 53.4 Å². The molecule has 0 N–H and O–H groups in total. The minimum Gasteiger partial charge on any atom is -0.496 e. The van der Waals surface area contributed by atoms with E-state index in [0.717, 1.165) is 11.3 Å². The molecular formula is C21H25ClN2O4S. The Bertz CT molecular complexity index is 963. The Balaban J connectivity index is 1.71. The van der Waals surface area contributed by atoms with E-state index in [4.69, 9.17) is 16.3 Å². The van der Waals surface area contributed by atoms with Crippen LogP contribution in [0.5, 0.6) is 5.75 Å². The maximum absolute atomic E-state index is 13.0. The van der Waals surface area contributed by atoms with E-state index in [1.807, 2.05) is 24.3 Å². The monoisotopic (exact) mass is 436 g/mol. The van der Waals surface area contributed by atoms with E-state index in [1.165, 1.54) is 16.4 Å². The van der Waals surface area contributed by atoms with Crippen molar-refractivity contribution in [1.82, 2.24) is 9.21 Å². The summed E-state index contributed by atoms with van der Waals surface area (Å²) in [6.45, 7) is 0.994. The molecule has 1 amide bonds. The highest BCUT2D eigenvalue weighted by atomic mass is 35.5. The Labute approximate surface area is 177 Å². The average Bonchev–Trinajstić information content (AvgIpc) is 2.74. The highest BCUT2D eigenvalue weighted by molar-refractivity contribution is 7.89. The summed E-state index contributed by atoms with van der Waals surface area (Å²) < 4.78 is 32.7. The lowest BCUT2D eigenvalue weighted by Crippen LogP contribution is -2.45. The molecule has 0 unspecified atom stereocenters. The molecule has 0 aromatic heterocycles. The molecule has 6 nitrogen and oxygen atoms in total. The fourth-order valence-corrected chi connectivity index (χ4v) is 5.25. The number of para-hydroxylation sites is 1. The predicted octanol–water partition coefficient (Wildman–Crippen LogP) is 3.41. The number of rotatable bonds is 6. The zero-order valence-corrected chi connectivity index (χ0v) is 18.1. The van der Waals surface area contributed by atoms with Gasteiger partial charge in [0.1, 0.15) is 5.75 Å². The van der Waals surface area contributed by atoms with Crippen LogP contribution in [-0.4, -0.2) is 50.8 Å². The van der Waals surface area contributed by atoms with Crippen LogP contribution in [-0.2, 0) is 21.4 Å². The quantitative estimate of drug-likeness (QED) is 0.696. The van der Waals surface area contributed by atoms with Crippen LogP contribution >= 0.6 is 11.6 Å². The van der Waals surface area contributed by atoms with E-state index in [9.17, 15) is 13.2 Å². The fraction of sp³-hybridized carbons (Fsp3) is 0.381. The van der Waals surface area contributed by atoms with Crippen molar-refractivity contribution in [3.63, 3.8) is 0 Å². The molecule has 29 heavy (non-hydrogen) atoms. The second-order valence-corrected chi connectivity index (χ2v) is 9.54. The van der Waals surface area contributed by atoms with Gasteiger partial charge in [0.2, 0.25) is 15.9 Å². The second-order valence-electron chi connectivity index (χ2n) is 7.16. The van der Waals surface area contributed by atoms with Crippen LogP contribution in [0, 0.1) is 5.92 Å². The number of amides is 1. The molecule has 0 aliphatic carbocycles. The van der Waals surface area contributed by atoms with Gasteiger partial charge in [-0.05, 0) is 43.2 Å². The first-order valence-electron chi connectivity index (χ1n) is 9.45. The minimum atomic E-state index is -3.66. The van der Waals surface area contributed by atoms with Crippen molar-refractivity contribution < 1.29 is 17.9 Å². The molecule has 0 spiro atoms. The van der Waals surface area contributed by atoms with Crippen molar-refractivity contribution in [1.29, 1.82) is 0 Å². The maximum atomic E-state index is 13.0. The molecule has 0 radical (unpaired) electrons. The molecule has 0 bridgehead atoms. The molecule has 0 saturated carbocycles. The Hall–Kier alpha value is -2.09. The Morgan fingerprint density at radius 3 is 2.59 bits per heavy atom. The predicted molar refractivity (Wildman–Crippen MR) is 112 cm³/mol. The second kappa shape index (κ2) is 9.15.